The minimum absolute atomic E-state index is 0.285. The molecule has 12 heavy (non-hydrogen) atoms. The molecule has 0 saturated carbocycles. The summed E-state index contributed by atoms with van der Waals surface area (Å²) in [4.78, 5) is 11.1. The molecule has 0 spiro atoms. The molecule has 0 N–H and O–H groups in total. The number of carbonyl (C=O) groups is 1. The van der Waals surface area contributed by atoms with Crippen LogP contribution in [0.5, 0.6) is 0 Å². The van der Waals surface area contributed by atoms with Gasteiger partial charge in [-0.2, -0.15) is 0 Å². The predicted molar refractivity (Wildman–Crippen MR) is 43.1 cm³/mol. The van der Waals surface area contributed by atoms with Gasteiger partial charge in [-0.05, 0) is 12.1 Å². The normalized spacial score (nSPS) is 9.75. The number of rotatable bonds is 3. The van der Waals surface area contributed by atoms with Crippen LogP contribution in [-0.2, 0) is 9.47 Å². The van der Waals surface area contributed by atoms with Crippen LogP contribution in [-0.4, -0.2) is 31.0 Å². The Labute approximate surface area is 70.7 Å². The molecular weight excluding hydrogens is 158 g/mol. The molecule has 66 valence electrons. The number of carbonyl (C=O) groups excluding carboxylic acids is 1. The van der Waals surface area contributed by atoms with Crippen LogP contribution >= 0.6 is 0 Å². The number of methoxy groups -OCH3 is 1. The summed E-state index contributed by atoms with van der Waals surface area (Å²) in [6.45, 7) is 0.709. The van der Waals surface area contributed by atoms with Gasteiger partial charge in [0.1, 0.15) is 6.61 Å². The van der Waals surface area contributed by atoms with E-state index in [9.17, 15) is 4.79 Å². The second kappa shape index (κ2) is 4.56. The maximum atomic E-state index is 11.1. The van der Waals surface area contributed by atoms with Crippen molar-refractivity contribution in [3.63, 3.8) is 0 Å². The lowest BCUT2D eigenvalue weighted by atomic mass is 10.7. The molecule has 0 saturated heterocycles. The molecule has 0 aliphatic rings. The number of hydrogen-bond acceptors (Lipinski definition) is 3. The van der Waals surface area contributed by atoms with Gasteiger partial charge in [0.2, 0.25) is 0 Å². The van der Waals surface area contributed by atoms with Crippen molar-refractivity contribution in [2.75, 3.05) is 20.3 Å². The quantitative estimate of drug-likeness (QED) is 0.636. The minimum Gasteiger partial charge on any atom is -0.446 e. The van der Waals surface area contributed by atoms with Gasteiger partial charge < -0.3 is 9.47 Å². The Balaban J connectivity index is 2.30. The molecule has 1 heterocycles. The number of hydrogen-bond donors (Lipinski definition) is 0. The first-order valence-electron chi connectivity index (χ1n) is 3.63. The fourth-order valence-electron chi connectivity index (χ4n) is 0.743. The van der Waals surface area contributed by atoms with E-state index in [0.717, 1.165) is 0 Å². The van der Waals surface area contributed by atoms with Gasteiger partial charge >= 0.3 is 6.09 Å². The Morgan fingerprint density at radius 1 is 1.33 bits per heavy atom. The van der Waals surface area contributed by atoms with E-state index in [2.05, 4.69) is 0 Å². The molecule has 4 nitrogen and oxygen atoms in total. The molecule has 0 bridgehead atoms. The van der Waals surface area contributed by atoms with E-state index in [1.54, 1.807) is 31.6 Å². The highest BCUT2D eigenvalue weighted by Crippen LogP contribution is 1.92. The van der Waals surface area contributed by atoms with Gasteiger partial charge in [-0.15, -0.1) is 0 Å². The highest BCUT2D eigenvalue weighted by molar-refractivity contribution is 5.70. The van der Waals surface area contributed by atoms with E-state index in [-0.39, 0.29) is 12.7 Å². The van der Waals surface area contributed by atoms with Crippen molar-refractivity contribution in [3.8, 4) is 0 Å². The van der Waals surface area contributed by atoms with Crippen molar-refractivity contribution in [1.29, 1.82) is 0 Å². The number of nitrogens with zero attached hydrogens (tertiary/aromatic N) is 1. The maximum Gasteiger partial charge on any atom is 0.418 e. The largest absolute Gasteiger partial charge is 0.446 e. The van der Waals surface area contributed by atoms with Crippen LogP contribution in [0.1, 0.15) is 0 Å². The van der Waals surface area contributed by atoms with Crippen LogP contribution in [0.15, 0.2) is 24.5 Å². The minimum atomic E-state index is -0.378. The highest BCUT2D eigenvalue weighted by Gasteiger charge is 2.01. The van der Waals surface area contributed by atoms with Crippen LogP contribution in [0.4, 0.5) is 4.79 Å². The van der Waals surface area contributed by atoms with E-state index in [1.807, 2.05) is 0 Å². The van der Waals surface area contributed by atoms with Gasteiger partial charge in [0.05, 0.1) is 6.61 Å². The summed E-state index contributed by atoms with van der Waals surface area (Å²) in [6, 6.07) is 3.52. The van der Waals surface area contributed by atoms with Crippen LogP contribution in [0.25, 0.3) is 0 Å². The van der Waals surface area contributed by atoms with Crippen molar-refractivity contribution in [1.82, 2.24) is 4.57 Å². The van der Waals surface area contributed by atoms with Gasteiger partial charge in [-0.1, -0.05) is 0 Å². The van der Waals surface area contributed by atoms with Gasteiger partial charge in [0, 0.05) is 19.5 Å². The molecule has 0 aliphatic heterocycles. The van der Waals surface area contributed by atoms with Crippen LogP contribution < -0.4 is 0 Å². The topological polar surface area (TPSA) is 40.5 Å². The van der Waals surface area contributed by atoms with Crippen molar-refractivity contribution in [2.45, 2.75) is 0 Å². The average molecular weight is 169 g/mol. The summed E-state index contributed by atoms with van der Waals surface area (Å²) in [5.74, 6) is 0. The predicted octanol–water partition coefficient (Wildman–Crippen LogP) is 1.12. The van der Waals surface area contributed by atoms with E-state index < -0.39 is 0 Å². The second-order valence-corrected chi connectivity index (χ2v) is 2.20. The number of aromatic nitrogens is 1. The average Bonchev–Trinajstić information content (AvgIpc) is 2.56. The molecular formula is C8H11NO3. The van der Waals surface area contributed by atoms with E-state index >= 15 is 0 Å². The molecule has 0 fully saturated rings. The van der Waals surface area contributed by atoms with Gasteiger partial charge in [0.15, 0.2) is 0 Å². The second-order valence-electron chi connectivity index (χ2n) is 2.20. The van der Waals surface area contributed by atoms with E-state index in [1.165, 1.54) is 4.57 Å². The Morgan fingerprint density at radius 3 is 2.58 bits per heavy atom. The lowest BCUT2D eigenvalue weighted by Gasteiger charge is -2.03. The summed E-state index contributed by atoms with van der Waals surface area (Å²) in [7, 11) is 1.56. The first-order chi connectivity index (χ1) is 5.84. The van der Waals surface area contributed by atoms with Crippen LogP contribution in [0.3, 0.4) is 0 Å². The molecule has 1 aromatic rings. The van der Waals surface area contributed by atoms with Crippen molar-refractivity contribution in [2.24, 2.45) is 0 Å². The van der Waals surface area contributed by atoms with Crippen molar-refractivity contribution >= 4 is 6.09 Å². The van der Waals surface area contributed by atoms with Crippen LogP contribution in [0, 0.1) is 0 Å². The zero-order chi connectivity index (χ0) is 8.81. The smallest absolute Gasteiger partial charge is 0.418 e. The third-order valence-electron chi connectivity index (χ3n) is 1.33. The summed E-state index contributed by atoms with van der Waals surface area (Å²) < 4.78 is 10.9. The molecule has 0 atom stereocenters. The third kappa shape index (κ3) is 2.39. The first-order valence-corrected chi connectivity index (χ1v) is 3.63. The first kappa shape index (κ1) is 8.80. The monoisotopic (exact) mass is 169 g/mol. The molecule has 4 heteroatoms. The Bertz CT molecular complexity index is 230. The van der Waals surface area contributed by atoms with Gasteiger partial charge in [0.25, 0.3) is 0 Å². The molecule has 0 radical (unpaired) electrons. The molecule has 0 aliphatic carbocycles. The van der Waals surface area contributed by atoms with Crippen molar-refractivity contribution in [3.05, 3.63) is 24.5 Å². The van der Waals surface area contributed by atoms with E-state index in [4.69, 9.17) is 9.47 Å². The molecule has 0 amide bonds. The third-order valence-corrected chi connectivity index (χ3v) is 1.33. The maximum absolute atomic E-state index is 11.1. The fraction of sp³-hybridized carbons (Fsp3) is 0.375. The van der Waals surface area contributed by atoms with Gasteiger partial charge in [-0.25, -0.2) is 4.79 Å². The molecule has 0 aromatic carbocycles. The van der Waals surface area contributed by atoms with E-state index in [0.29, 0.717) is 6.61 Å². The number of ether oxygens (including phenoxy) is 2. The lowest BCUT2D eigenvalue weighted by molar-refractivity contribution is 0.0995. The standard InChI is InChI=1S/C8H11NO3/c1-11-6-7-12-8(10)9-4-2-3-5-9/h2-5H,6-7H2,1H3. The molecule has 1 rings (SSSR count). The summed E-state index contributed by atoms with van der Waals surface area (Å²) >= 11 is 0. The zero-order valence-corrected chi connectivity index (χ0v) is 6.90. The molecule has 1 aromatic heterocycles. The summed E-state index contributed by atoms with van der Waals surface area (Å²) in [5, 5.41) is 0. The summed E-state index contributed by atoms with van der Waals surface area (Å²) in [5.41, 5.74) is 0. The van der Waals surface area contributed by atoms with Gasteiger partial charge in [-0.3, -0.25) is 4.57 Å². The Hall–Kier alpha value is -1.29. The molecule has 0 unspecified atom stereocenters. The van der Waals surface area contributed by atoms with Crippen LogP contribution in [0.2, 0.25) is 0 Å². The highest BCUT2D eigenvalue weighted by atomic mass is 16.6. The zero-order valence-electron chi connectivity index (χ0n) is 6.90. The SMILES string of the molecule is COCCOC(=O)n1cccc1. The van der Waals surface area contributed by atoms with Crippen molar-refractivity contribution < 1.29 is 14.3 Å². The summed E-state index contributed by atoms with van der Waals surface area (Å²) in [6.07, 6.45) is 2.89. The Morgan fingerprint density at radius 2 is 2.00 bits per heavy atom. The lowest BCUT2D eigenvalue weighted by Crippen LogP contribution is -2.14. The Kier molecular flexibility index (Phi) is 3.35. The fourth-order valence-corrected chi connectivity index (χ4v) is 0.743.